The predicted molar refractivity (Wildman–Crippen MR) is 100 cm³/mol. The van der Waals surface area contributed by atoms with Gasteiger partial charge in [-0.3, -0.25) is 0 Å². The summed E-state index contributed by atoms with van der Waals surface area (Å²) in [5, 5.41) is 0.691. The molecule has 1 aliphatic rings. The fraction of sp³-hybridized carbons (Fsp3) is 0.333. The number of nitrogens with zero attached hydrogens (tertiary/aromatic N) is 2. The summed E-state index contributed by atoms with van der Waals surface area (Å²) in [6, 6.07) is 12.8. The maximum Gasteiger partial charge on any atom is 0.246 e. The zero-order valence-electron chi connectivity index (χ0n) is 14.3. The minimum Gasteiger partial charge on any atom is -0.495 e. The second-order valence-corrected chi connectivity index (χ2v) is 8.36. The average Bonchev–Trinajstić information content (AvgIpc) is 2.62. The Balaban J connectivity index is 1.77. The van der Waals surface area contributed by atoms with Crippen LogP contribution in [0.2, 0.25) is 5.02 Å². The van der Waals surface area contributed by atoms with Gasteiger partial charge in [0.25, 0.3) is 0 Å². The molecule has 0 spiro atoms. The number of ether oxygens (including phenoxy) is 1. The van der Waals surface area contributed by atoms with Crippen LogP contribution in [0.3, 0.4) is 0 Å². The van der Waals surface area contributed by atoms with Crippen molar-refractivity contribution in [3.8, 4) is 5.75 Å². The lowest BCUT2D eigenvalue weighted by molar-refractivity contribution is 0.374. The number of hydrogen-bond donors (Lipinski definition) is 0. The van der Waals surface area contributed by atoms with Gasteiger partial charge in [0.05, 0.1) is 7.11 Å². The third-order valence-electron chi connectivity index (χ3n) is 4.37. The van der Waals surface area contributed by atoms with Gasteiger partial charge in [0.1, 0.15) is 10.6 Å². The molecule has 1 fully saturated rings. The van der Waals surface area contributed by atoms with E-state index >= 15 is 0 Å². The summed E-state index contributed by atoms with van der Waals surface area (Å²) in [5.41, 5.74) is 2.01. The second-order valence-electron chi connectivity index (χ2n) is 6.02. The van der Waals surface area contributed by atoms with E-state index in [1.807, 2.05) is 31.2 Å². The molecule has 0 radical (unpaired) electrons. The van der Waals surface area contributed by atoms with Gasteiger partial charge in [-0.2, -0.15) is 4.31 Å². The number of piperazine rings is 1. The van der Waals surface area contributed by atoms with Crippen molar-refractivity contribution >= 4 is 27.3 Å². The highest BCUT2D eigenvalue weighted by Gasteiger charge is 2.30. The number of benzene rings is 2. The predicted octanol–water partition coefficient (Wildman–Crippen LogP) is 3.17. The number of anilines is 1. The van der Waals surface area contributed by atoms with Crippen molar-refractivity contribution in [3.63, 3.8) is 0 Å². The van der Waals surface area contributed by atoms with Gasteiger partial charge in [-0.1, -0.05) is 17.7 Å². The summed E-state index contributed by atoms with van der Waals surface area (Å²) in [6.07, 6.45) is 0. The van der Waals surface area contributed by atoms with E-state index in [4.69, 9.17) is 16.3 Å². The van der Waals surface area contributed by atoms with E-state index in [9.17, 15) is 8.42 Å². The van der Waals surface area contributed by atoms with Crippen LogP contribution in [0, 0.1) is 6.92 Å². The van der Waals surface area contributed by atoms with Gasteiger partial charge in [0, 0.05) is 36.9 Å². The molecule has 0 aliphatic carbocycles. The lowest BCUT2D eigenvalue weighted by Gasteiger charge is -2.35. The van der Waals surface area contributed by atoms with E-state index in [0.717, 1.165) is 11.3 Å². The molecule has 1 heterocycles. The summed E-state index contributed by atoms with van der Waals surface area (Å²) >= 11 is 5.92. The first-order chi connectivity index (χ1) is 11.9. The topological polar surface area (TPSA) is 49.9 Å². The van der Waals surface area contributed by atoms with Crippen molar-refractivity contribution in [1.82, 2.24) is 4.31 Å². The molecule has 0 bridgehead atoms. The van der Waals surface area contributed by atoms with Gasteiger partial charge in [0.15, 0.2) is 0 Å². The minimum atomic E-state index is -3.57. The molecule has 5 nitrogen and oxygen atoms in total. The number of rotatable bonds is 4. The van der Waals surface area contributed by atoms with Crippen LogP contribution in [-0.2, 0) is 10.0 Å². The zero-order chi connectivity index (χ0) is 18.0. The average molecular weight is 381 g/mol. The van der Waals surface area contributed by atoms with E-state index in [2.05, 4.69) is 4.90 Å². The molecule has 0 aromatic heterocycles. The SMILES string of the molecule is COc1cc(C)ccc1S(=O)(=O)N1CCN(c2ccc(Cl)cc2)CC1. The Bertz CT molecular complexity index is 845. The highest BCUT2D eigenvalue weighted by atomic mass is 35.5. The van der Waals surface area contributed by atoms with Crippen molar-refractivity contribution in [2.45, 2.75) is 11.8 Å². The number of aryl methyl sites for hydroxylation is 1. The molecule has 134 valence electrons. The Labute approximate surface area is 153 Å². The van der Waals surface area contributed by atoms with E-state index in [-0.39, 0.29) is 4.90 Å². The number of sulfonamides is 1. The molecule has 2 aromatic carbocycles. The number of methoxy groups -OCH3 is 1. The largest absolute Gasteiger partial charge is 0.495 e. The fourth-order valence-corrected chi connectivity index (χ4v) is 4.65. The van der Waals surface area contributed by atoms with Crippen molar-refractivity contribution in [2.75, 3.05) is 38.2 Å². The lowest BCUT2D eigenvalue weighted by Crippen LogP contribution is -2.48. The molecule has 0 amide bonds. The van der Waals surface area contributed by atoms with Crippen LogP contribution in [0.5, 0.6) is 5.75 Å². The van der Waals surface area contributed by atoms with Crippen LogP contribution < -0.4 is 9.64 Å². The molecular formula is C18H21ClN2O3S. The van der Waals surface area contributed by atoms with Gasteiger partial charge in [-0.25, -0.2) is 8.42 Å². The van der Waals surface area contributed by atoms with Crippen molar-refractivity contribution in [3.05, 3.63) is 53.1 Å². The molecule has 1 saturated heterocycles. The Kier molecular flexibility index (Phi) is 5.22. The van der Waals surface area contributed by atoms with E-state index < -0.39 is 10.0 Å². The Hall–Kier alpha value is -1.76. The van der Waals surface area contributed by atoms with Crippen molar-refractivity contribution in [2.24, 2.45) is 0 Å². The summed E-state index contributed by atoms with van der Waals surface area (Å²) in [7, 11) is -2.08. The zero-order valence-corrected chi connectivity index (χ0v) is 15.8. The maximum atomic E-state index is 13.0. The van der Waals surface area contributed by atoms with Crippen LogP contribution in [0.4, 0.5) is 5.69 Å². The fourth-order valence-electron chi connectivity index (χ4n) is 2.97. The van der Waals surface area contributed by atoms with Crippen molar-refractivity contribution in [1.29, 1.82) is 0 Å². The molecule has 1 aliphatic heterocycles. The smallest absolute Gasteiger partial charge is 0.246 e. The van der Waals surface area contributed by atoms with Crippen molar-refractivity contribution < 1.29 is 13.2 Å². The molecule has 0 saturated carbocycles. The Morgan fingerprint density at radius 2 is 1.64 bits per heavy atom. The van der Waals surface area contributed by atoms with E-state index in [1.54, 1.807) is 18.2 Å². The van der Waals surface area contributed by atoms with Gasteiger partial charge >= 0.3 is 0 Å². The highest BCUT2D eigenvalue weighted by Crippen LogP contribution is 2.29. The monoisotopic (exact) mass is 380 g/mol. The molecule has 2 aromatic rings. The molecule has 0 N–H and O–H groups in total. The third kappa shape index (κ3) is 3.76. The van der Waals surface area contributed by atoms with Crippen LogP contribution in [0.25, 0.3) is 0 Å². The first-order valence-electron chi connectivity index (χ1n) is 8.07. The molecule has 0 unspecified atom stereocenters. The highest BCUT2D eigenvalue weighted by molar-refractivity contribution is 7.89. The molecule has 7 heteroatoms. The van der Waals surface area contributed by atoms with Crippen LogP contribution in [0.1, 0.15) is 5.56 Å². The Morgan fingerprint density at radius 1 is 1.00 bits per heavy atom. The quantitative estimate of drug-likeness (QED) is 0.817. The van der Waals surface area contributed by atoms with E-state index in [0.29, 0.717) is 37.0 Å². The standard InChI is InChI=1S/C18H21ClN2O3S/c1-14-3-8-18(17(13-14)24-2)25(22,23)21-11-9-20(10-12-21)16-6-4-15(19)5-7-16/h3-8,13H,9-12H2,1-2H3. The number of hydrogen-bond acceptors (Lipinski definition) is 4. The first-order valence-corrected chi connectivity index (χ1v) is 9.89. The molecule has 3 rings (SSSR count). The second kappa shape index (κ2) is 7.23. The summed E-state index contributed by atoms with van der Waals surface area (Å²) in [6.45, 7) is 4.04. The van der Waals surface area contributed by atoms with E-state index in [1.165, 1.54) is 11.4 Å². The van der Waals surface area contributed by atoms with Gasteiger partial charge < -0.3 is 9.64 Å². The van der Waals surface area contributed by atoms with Gasteiger partial charge in [0.2, 0.25) is 10.0 Å². The van der Waals surface area contributed by atoms with Crippen LogP contribution in [-0.4, -0.2) is 46.0 Å². The molecule has 25 heavy (non-hydrogen) atoms. The van der Waals surface area contributed by atoms with Crippen LogP contribution in [0.15, 0.2) is 47.4 Å². The maximum absolute atomic E-state index is 13.0. The van der Waals surface area contributed by atoms with Gasteiger partial charge in [-0.15, -0.1) is 0 Å². The number of halogens is 1. The summed E-state index contributed by atoms with van der Waals surface area (Å²) in [4.78, 5) is 2.38. The summed E-state index contributed by atoms with van der Waals surface area (Å²) in [5.74, 6) is 0.389. The normalized spacial score (nSPS) is 16.0. The molecular weight excluding hydrogens is 360 g/mol. The minimum absolute atomic E-state index is 0.223. The third-order valence-corrected chi connectivity index (χ3v) is 6.56. The first kappa shape index (κ1) is 18.0. The Morgan fingerprint density at radius 3 is 2.24 bits per heavy atom. The van der Waals surface area contributed by atoms with Crippen LogP contribution >= 0.6 is 11.6 Å². The van der Waals surface area contributed by atoms with Gasteiger partial charge in [-0.05, 0) is 48.9 Å². The lowest BCUT2D eigenvalue weighted by atomic mass is 10.2. The summed E-state index contributed by atoms with van der Waals surface area (Å²) < 4.78 is 32.7. The molecule has 0 atom stereocenters.